The SMILES string of the molecule is COC(=O)c1c(C)[nH]c(C(=O)[C@@H](C)[NH2+][C@@H](C)c2ccc(Cl)cc2)c1C. The number of rotatable bonds is 6. The van der Waals surface area contributed by atoms with Gasteiger partial charge in [0.15, 0.2) is 0 Å². The molecule has 0 spiro atoms. The van der Waals surface area contributed by atoms with Gasteiger partial charge in [-0.05, 0) is 45.4 Å². The van der Waals surface area contributed by atoms with Crippen LogP contribution < -0.4 is 5.32 Å². The molecule has 5 nitrogen and oxygen atoms in total. The van der Waals surface area contributed by atoms with Crippen LogP contribution in [0.3, 0.4) is 0 Å². The van der Waals surface area contributed by atoms with Crippen LogP contribution in [0, 0.1) is 13.8 Å². The van der Waals surface area contributed by atoms with E-state index < -0.39 is 5.97 Å². The monoisotopic (exact) mass is 363 g/mol. The summed E-state index contributed by atoms with van der Waals surface area (Å²) < 4.78 is 4.79. The summed E-state index contributed by atoms with van der Waals surface area (Å²) in [6.07, 6.45) is 0. The minimum absolute atomic E-state index is 0.0448. The highest BCUT2D eigenvalue weighted by atomic mass is 35.5. The van der Waals surface area contributed by atoms with Crippen LogP contribution in [0.2, 0.25) is 5.02 Å². The molecule has 1 heterocycles. The number of benzene rings is 1. The molecule has 0 amide bonds. The summed E-state index contributed by atoms with van der Waals surface area (Å²) in [5, 5.41) is 2.69. The summed E-state index contributed by atoms with van der Waals surface area (Å²) >= 11 is 5.92. The molecule has 0 saturated heterocycles. The number of aromatic nitrogens is 1. The molecule has 1 aromatic carbocycles. The van der Waals surface area contributed by atoms with Crippen molar-refractivity contribution in [3.63, 3.8) is 0 Å². The zero-order valence-electron chi connectivity index (χ0n) is 15.1. The lowest BCUT2D eigenvalue weighted by Gasteiger charge is -2.16. The number of nitrogens with one attached hydrogen (secondary N) is 1. The van der Waals surface area contributed by atoms with E-state index in [1.165, 1.54) is 7.11 Å². The average molecular weight is 364 g/mol. The second kappa shape index (κ2) is 7.85. The number of carbonyl (C=O) groups excluding carboxylic acids is 2. The summed E-state index contributed by atoms with van der Waals surface area (Å²) in [7, 11) is 1.33. The number of esters is 1. The van der Waals surface area contributed by atoms with Crippen LogP contribution in [0.15, 0.2) is 24.3 Å². The lowest BCUT2D eigenvalue weighted by atomic mass is 10.0. The number of H-pyrrole nitrogens is 1. The average Bonchev–Trinajstić information content (AvgIpc) is 2.88. The summed E-state index contributed by atoms with van der Waals surface area (Å²) in [5.41, 5.74) is 3.27. The summed E-state index contributed by atoms with van der Waals surface area (Å²) in [4.78, 5) is 27.7. The van der Waals surface area contributed by atoms with Crippen molar-refractivity contribution in [2.75, 3.05) is 7.11 Å². The molecule has 2 rings (SSSR count). The quantitative estimate of drug-likeness (QED) is 0.612. The van der Waals surface area contributed by atoms with Gasteiger partial charge in [-0.3, -0.25) is 4.79 Å². The van der Waals surface area contributed by atoms with E-state index in [0.29, 0.717) is 27.5 Å². The van der Waals surface area contributed by atoms with Gasteiger partial charge in [-0.25, -0.2) is 4.79 Å². The molecular formula is C19H24ClN2O3+. The van der Waals surface area contributed by atoms with Crippen LogP contribution in [0.25, 0.3) is 0 Å². The number of Topliss-reactive ketones (excluding diaryl/α,β-unsaturated/α-hetero) is 1. The molecule has 0 bridgehead atoms. The van der Waals surface area contributed by atoms with Gasteiger partial charge in [0.2, 0.25) is 5.78 Å². The lowest BCUT2D eigenvalue weighted by Crippen LogP contribution is -2.91. The predicted molar refractivity (Wildman–Crippen MR) is 97.2 cm³/mol. The van der Waals surface area contributed by atoms with E-state index in [1.54, 1.807) is 13.8 Å². The summed E-state index contributed by atoms with van der Waals surface area (Å²) in [6.45, 7) is 7.43. The molecule has 6 heteroatoms. The van der Waals surface area contributed by atoms with Gasteiger partial charge in [0.25, 0.3) is 0 Å². The molecule has 2 aromatic rings. The van der Waals surface area contributed by atoms with Gasteiger partial charge in [0.1, 0.15) is 12.1 Å². The molecule has 1 aromatic heterocycles. The van der Waals surface area contributed by atoms with Gasteiger partial charge in [-0.15, -0.1) is 0 Å². The molecule has 25 heavy (non-hydrogen) atoms. The molecule has 0 aliphatic rings. The number of aryl methyl sites for hydroxylation is 1. The van der Waals surface area contributed by atoms with Crippen LogP contribution in [0.1, 0.15) is 57.6 Å². The van der Waals surface area contributed by atoms with Crippen molar-refractivity contribution in [3.8, 4) is 0 Å². The molecule has 2 atom stereocenters. The second-order valence-electron chi connectivity index (χ2n) is 6.30. The van der Waals surface area contributed by atoms with E-state index in [9.17, 15) is 9.59 Å². The zero-order chi connectivity index (χ0) is 18.7. The number of halogens is 1. The largest absolute Gasteiger partial charge is 0.465 e. The third-order valence-corrected chi connectivity index (χ3v) is 4.71. The number of aromatic amines is 1. The fourth-order valence-electron chi connectivity index (χ4n) is 3.03. The smallest absolute Gasteiger partial charge is 0.339 e. The van der Waals surface area contributed by atoms with Gasteiger partial charge >= 0.3 is 5.97 Å². The first-order valence-corrected chi connectivity index (χ1v) is 8.56. The molecule has 0 aliphatic heterocycles. The van der Waals surface area contributed by atoms with E-state index in [4.69, 9.17) is 16.3 Å². The number of carbonyl (C=O) groups is 2. The van der Waals surface area contributed by atoms with Crippen LogP contribution >= 0.6 is 11.6 Å². The predicted octanol–water partition coefficient (Wildman–Crippen LogP) is 2.97. The summed E-state index contributed by atoms with van der Waals surface area (Å²) in [5.74, 6) is -0.479. The Kier molecular flexibility index (Phi) is 6.03. The minimum atomic E-state index is -0.434. The first-order chi connectivity index (χ1) is 11.8. The Hall–Kier alpha value is -2.11. The van der Waals surface area contributed by atoms with Crippen molar-refractivity contribution >= 4 is 23.4 Å². The van der Waals surface area contributed by atoms with Crippen molar-refractivity contribution in [1.82, 2.24) is 4.98 Å². The highest BCUT2D eigenvalue weighted by molar-refractivity contribution is 6.30. The minimum Gasteiger partial charge on any atom is -0.465 e. The third kappa shape index (κ3) is 4.11. The Morgan fingerprint density at radius 1 is 1.16 bits per heavy atom. The van der Waals surface area contributed by atoms with Crippen LogP contribution in [0.4, 0.5) is 0 Å². The van der Waals surface area contributed by atoms with Crippen LogP contribution in [-0.2, 0) is 4.74 Å². The molecule has 3 N–H and O–H groups in total. The van der Waals surface area contributed by atoms with E-state index in [1.807, 2.05) is 43.4 Å². The fraction of sp³-hybridized carbons (Fsp3) is 0.368. The van der Waals surface area contributed by atoms with Crippen LogP contribution in [0.5, 0.6) is 0 Å². The normalized spacial score (nSPS) is 13.4. The number of ketones is 1. The molecule has 0 fully saturated rings. The molecule has 0 saturated carbocycles. The standard InChI is InChI=1S/C19H23ClN2O3/c1-10-16(19(24)25-5)12(3)22-17(10)18(23)13(4)21-11(2)14-6-8-15(20)9-7-14/h6-9,11,13,21-22H,1-5H3/p+1/t11-,13+/m0/s1. The number of hydrogen-bond acceptors (Lipinski definition) is 3. The first kappa shape index (κ1) is 19.2. The Morgan fingerprint density at radius 2 is 1.76 bits per heavy atom. The Labute approximate surface area is 152 Å². The van der Waals surface area contributed by atoms with Crippen molar-refractivity contribution in [2.24, 2.45) is 0 Å². The zero-order valence-corrected chi connectivity index (χ0v) is 15.9. The Bertz CT molecular complexity index is 781. The van der Waals surface area contributed by atoms with E-state index in [0.717, 1.165) is 5.56 Å². The van der Waals surface area contributed by atoms with Gasteiger partial charge in [0, 0.05) is 16.3 Å². The number of ether oxygens (including phenoxy) is 1. The first-order valence-electron chi connectivity index (χ1n) is 8.18. The highest BCUT2D eigenvalue weighted by Gasteiger charge is 2.28. The number of methoxy groups -OCH3 is 1. The molecule has 0 unspecified atom stereocenters. The fourth-order valence-corrected chi connectivity index (χ4v) is 3.16. The van der Waals surface area contributed by atoms with Crippen molar-refractivity contribution < 1.29 is 19.6 Å². The van der Waals surface area contributed by atoms with Gasteiger partial charge in [0.05, 0.1) is 18.4 Å². The van der Waals surface area contributed by atoms with Gasteiger partial charge in [-0.1, -0.05) is 23.7 Å². The lowest BCUT2D eigenvalue weighted by molar-refractivity contribution is -0.709. The third-order valence-electron chi connectivity index (χ3n) is 4.46. The number of quaternary nitrogens is 1. The van der Waals surface area contributed by atoms with Gasteiger partial charge in [-0.2, -0.15) is 0 Å². The molecular weight excluding hydrogens is 340 g/mol. The number of hydrogen-bond donors (Lipinski definition) is 2. The van der Waals surface area contributed by atoms with Gasteiger partial charge < -0.3 is 15.0 Å². The van der Waals surface area contributed by atoms with E-state index >= 15 is 0 Å². The van der Waals surface area contributed by atoms with E-state index in [2.05, 4.69) is 4.98 Å². The molecule has 0 aliphatic carbocycles. The maximum Gasteiger partial charge on any atom is 0.339 e. The molecule has 0 radical (unpaired) electrons. The topological polar surface area (TPSA) is 75.8 Å². The highest BCUT2D eigenvalue weighted by Crippen LogP contribution is 2.20. The maximum atomic E-state index is 12.8. The van der Waals surface area contributed by atoms with Crippen LogP contribution in [-0.4, -0.2) is 29.9 Å². The molecule has 134 valence electrons. The van der Waals surface area contributed by atoms with Crippen molar-refractivity contribution in [2.45, 2.75) is 39.8 Å². The Morgan fingerprint density at radius 3 is 2.32 bits per heavy atom. The van der Waals surface area contributed by atoms with Crippen molar-refractivity contribution in [3.05, 3.63) is 57.4 Å². The number of nitrogens with two attached hydrogens (primary N) is 1. The second-order valence-corrected chi connectivity index (χ2v) is 6.74. The van der Waals surface area contributed by atoms with Crippen molar-refractivity contribution in [1.29, 1.82) is 0 Å². The van der Waals surface area contributed by atoms with E-state index in [-0.39, 0.29) is 17.9 Å². The Balaban J connectivity index is 2.17. The summed E-state index contributed by atoms with van der Waals surface area (Å²) in [6, 6.07) is 7.41. The maximum absolute atomic E-state index is 12.8.